The molecule has 10 heteroatoms. The average Bonchev–Trinajstić information content (AvgIpc) is 3.19. The van der Waals surface area contributed by atoms with Gasteiger partial charge in [0.05, 0.1) is 17.2 Å². The van der Waals surface area contributed by atoms with Gasteiger partial charge in [0.15, 0.2) is 0 Å². The van der Waals surface area contributed by atoms with Crippen molar-refractivity contribution >= 4 is 40.7 Å². The van der Waals surface area contributed by atoms with Gasteiger partial charge in [0, 0.05) is 59.7 Å². The Morgan fingerprint density at radius 3 is 2.16 bits per heavy atom. The molecule has 0 aromatic heterocycles. The number of carbonyl (C=O) groups excluding carboxylic acids is 2. The van der Waals surface area contributed by atoms with Crippen LogP contribution in [0.25, 0.3) is 0 Å². The van der Waals surface area contributed by atoms with Crippen molar-refractivity contribution in [3.05, 3.63) is 131 Å². The summed E-state index contributed by atoms with van der Waals surface area (Å²) >= 11 is 1.74. The van der Waals surface area contributed by atoms with E-state index in [1.54, 1.807) is 23.9 Å². The molecule has 1 saturated heterocycles. The Hall–Kier alpha value is -5.09. The third-order valence-corrected chi connectivity index (χ3v) is 10.7. The SMILES string of the molecule is CC/C(C)=C(\N)NCCC[C@@H](C)C(N)=O.Cc1ccc(C(=O)N2CCN(c3ccc(F)cc3)CC2)cc1N=C(c1cccc(Sc2ccccc2)c1)C(C)C. The van der Waals surface area contributed by atoms with Crippen LogP contribution in [0.15, 0.2) is 123 Å². The largest absolute Gasteiger partial charge is 0.386 e. The number of carbonyl (C=O) groups is 2. The maximum Gasteiger partial charge on any atom is 0.254 e. The topological polar surface area (TPSA) is 117 Å². The summed E-state index contributed by atoms with van der Waals surface area (Å²) in [5.41, 5.74) is 17.7. The van der Waals surface area contributed by atoms with E-state index in [2.05, 4.69) is 79.5 Å². The van der Waals surface area contributed by atoms with Crippen molar-refractivity contribution in [2.24, 2.45) is 28.3 Å². The Balaban J connectivity index is 0.000000381. The first-order valence-corrected chi connectivity index (χ1v) is 20.0. The van der Waals surface area contributed by atoms with Crippen LogP contribution in [0.2, 0.25) is 0 Å². The van der Waals surface area contributed by atoms with Gasteiger partial charge in [0.25, 0.3) is 5.91 Å². The van der Waals surface area contributed by atoms with E-state index in [1.807, 2.05) is 49.9 Å². The van der Waals surface area contributed by atoms with Gasteiger partial charge >= 0.3 is 0 Å². The number of piperazine rings is 1. The molecule has 4 aromatic carbocycles. The normalized spacial score (nSPS) is 14.1. The summed E-state index contributed by atoms with van der Waals surface area (Å²) in [4.78, 5) is 35.8. The highest BCUT2D eigenvalue weighted by Crippen LogP contribution is 2.30. The Morgan fingerprint density at radius 2 is 1.53 bits per heavy atom. The number of benzene rings is 4. The highest BCUT2D eigenvalue weighted by Gasteiger charge is 2.23. The van der Waals surface area contributed by atoms with Crippen LogP contribution in [0, 0.1) is 24.6 Å². The molecule has 8 nitrogen and oxygen atoms in total. The fourth-order valence-corrected chi connectivity index (χ4v) is 6.88. The smallest absolute Gasteiger partial charge is 0.254 e. The third kappa shape index (κ3) is 13.0. The van der Waals surface area contributed by atoms with Crippen LogP contribution in [0.4, 0.5) is 15.8 Å². The number of halogens is 1. The molecule has 1 heterocycles. The van der Waals surface area contributed by atoms with Gasteiger partial charge in [-0.15, -0.1) is 0 Å². The van der Waals surface area contributed by atoms with Crippen molar-refractivity contribution in [1.82, 2.24) is 10.2 Å². The predicted molar refractivity (Wildman–Crippen MR) is 227 cm³/mol. The van der Waals surface area contributed by atoms with E-state index >= 15 is 0 Å². The first-order chi connectivity index (χ1) is 26.4. The maximum atomic E-state index is 13.5. The summed E-state index contributed by atoms with van der Waals surface area (Å²) < 4.78 is 13.3. The predicted octanol–water partition coefficient (Wildman–Crippen LogP) is 9.10. The van der Waals surface area contributed by atoms with Crippen molar-refractivity contribution in [3.8, 4) is 0 Å². The minimum atomic E-state index is -0.241. The molecule has 5 N–H and O–H groups in total. The molecule has 0 saturated carbocycles. The number of rotatable bonds is 14. The third-order valence-electron chi connectivity index (χ3n) is 9.72. The molecule has 1 aliphatic heterocycles. The van der Waals surface area contributed by atoms with Crippen molar-refractivity contribution in [2.75, 3.05) is 37.6 Å². The second kappa shape index (κ2) is 21.1. The number of amides is 2. The number of anilines is 1. The van der Waals surface area contributed by atoms with Gasteiger partial charge in [-0.2, -0.15) is 0 Å². The van der Waals surface area contributed by atoms with E-state index in [0.29, 0.717) is 31.7 Å². The van der Waals surface area contributed by atoms with Gasteiger partial charge in [-0.05, 0) is 116 Å². The monoisotopic (exact) mass is 764 g/mol. The van der Waals surface area contributed by atoms with E-state index in [0.717, 1.165) is 70.3 Å². The summed E-state index contributed by atoms with van der Waals surface area (Å²) in [5.74, 6) is 0.449. The molecule has 1 atom stereocenters. The molecule has 5 rings (SSSR count). The zero-order valence-electron chi connectivity index (χ0n) is 33.1. The van der Waals surface area contributed by atoms with E-state index in [-0.39, 0.29) is 29.5 Å². The van der Waals surface area contributed by atoms with E-state index < -0.39 is 0 Å². The standard InChI is InChI=1S/C34H34FN3OS.C11H23N3O/c1-24(2)33(26-8-7-11-31(22-26)40-30-9-5-4-6-10-30)36-32-23-27(13-12-25(32)3)34(39)38-20-18-37(19-21-38)29-16-14-28(35)15-17-29;1-4-8(2)10(12)14-7-5-6-9(3)11(13)15/h4-17,22-24H,18-21H2,1-3H3;9,14H,4-7,12H2,1-3H3,(H2,13,15)/b;10-8+/t;9-/m.1/s1. The van der Waals surface area contributed by atoms with Crippen molar-refractivity contribution in [1.29, 1.82) is 0 Å². The lowest BCUT2D eigenvalue weighted by molar-refractivity contribution is -0.121. The van der Waals surface area contributed by atoms with Crippen molar-refractivity contribution in [3.63, 3.8) is 0 Å². The number of nitrogens with zero attached hydrogens (tertiary/aromatic N) is 3. The number of nitrogens with two attached hydrogens (primary N) is 2. The summed E-state index contributed by atoms with van der Waals surface area (Å²) in [6.07, 6.45) is 2.67. The summed E-state index contributed by atoms with van der Waals surface area (Å²) in [7, 11) is 0. The molecule has 0 unspecified atom stereocenters. The fourth-order valence-electron chi connectivity index (χ4n) is 5.98. The number of hydrogen-bond donors (Lipinski definition) is 3. The number of allylic oxidation sites excluding steroid dienone is 1. The van der Waals surface area contributed by atoms with Crippen LogP contribution in [0.5, 0.6) is 0 Å². The van der Waals surface area contributed by atoms with Crippen LogP contribution in [-0.4, -0.2) is 55.1 Å². The van der Waals surface area contributed by atoms with Gasteiger partial charge in [0.2, 0.25) is 5.91 Å². The number of hydrogen-bond acceptors (Lipinski definition) is 7. The van der Waals surface area contributed by atoms with E-state index in [4.69, 9.17) is 16.5 Å². The molecule has 1 aliphatic rings. The van der Waals surface area contributed by atoms with Crippen molar-refractivity contribution in [2.45, 2.75) is 70.6 Å². The maximum absolute atomic E-state index is 13.5. The minimum Gasteiger partial charge on any atom is -0.386 e. The van der Waals surface area contributed by atoms with Crippen molar-refractivity contribution < 1.29 is 14.0 Å². The number of primary amides is 1. The molecule has 1 fully saturated rings. The van der Waals surface area contributed by atoms with E-state index in [9.17, 15) is 14.0 Å². The Morgan fingerprint density at radius 1 is 0.855 bits per heavy atom. The molecule has 0 radical (unpaired) electrons. The fraction of sp³-hybridized carbons (Fsp3) is 0.356. The van der Waals surface area contributed by atoms with Gasteiger partial charge in [-0.1, -0.05) is 75.9 Å². The summed E-state index contributed by atoms with van der Waals surface area (Å²) in [5, 5.41) is 3.13. The molecule has 292 valence electrons. The van der Waals surface area contributed by atoms with Gasteiger partial charge < -0.3 is 26.6 Å². The van der Waals surface area contributed by atoms with Crippen LogP contribution in [-0.2, 0) is 4.79 Å². The molecular formula is C45H57FN6O2S. The number of aliphatic imine (C=N–C) groups is 1. The zero-order chi connectivity index (χ0) is 39.9. The number of aryl methyl sites for hydroxylation is 1. The lowest BCUT2D eigenvalue weighted by Gasteiger charge is -2.36. The van der Waals surface area contributed by atoms with Crippen LogP contribution >= 0.6 is 11.8 Å². The zero-order valence-corrected chi connectivity index (χ0v) is 34.0. The molecule has 0 bridgehead atoms. The Bertz CT molecular complexity index is 1920. The molecule has 4 aromatic rings. The second-order valence-electron chi connectivity index (χ2n) is 14.3. The van der Waals surface area contributed by atoms with Crippen LogP contribution in [0.1, 0.15) is 75.4 Å². The lowest BCUT2D eigenvalue weighted by Crippen LogP contribution is -2.48. The van der Waals surface area contributed by atoms with Gasteiger partial charge in [0.1, 0.15) is 5.82 Å². The molecule has 0 spiro atoms. The van der Waals surface area contributed by atoms with Crippen LogP contribution < -0.4 is 21.7 Å². The Labute approximate surface area is 331 Å². The first-order valence-electron chi connectivity index (χ1n) is 19.2. The molecule has 55 heavy (non-hydrogen) atoms. The molecule has 2 amide bonds. The van der Waals surface area contributed by atoms with E-state index in [1.165, 1.54) is 17.0 Å². The molecule has 0 aliphatic carbocycles. The van der Waals surface area contributed by atoms with Gasteiger partial charge in [-0.3, -0.25) is 14.6 Å². The first kappa shape index (κ1) is 42.6. The second-order valence-corrected chi connectivity index (χ2v) is 15.4. The minimum absolute atomic E-state index is 0.0163. The quantitative estimate of drug-likeness (QED) is 0.0872. The van der Waals surface area contributed by atoms with Gasteiger partial charge in [-0.25, -0.2) is 4.39 Å². The number of nitrogens with one attached hydrogen (secondary N) is 1. The Kier molecular flexibility index (Phi) is 16.4. The summed E-state index contributed by atoms with van der Waals surface area (Å²) in [6.45, 7) is 15.7. The average molecular weight is 765 g/mol. The highest BCUT2D eigenvalue weighted by atomic mass is 32.2. The molecular weight excluding hydrogens is 708 g/mol. The lowest BCUT2D eigenvalue weighted by atomic mass is 9.99. The van der Waals surface area contributed by atoms with Crippen LogP contribution in [0.3, 0.4) is 0 Å². The summed E-state index contributed by atoms with van der Waals surface area (Å²) in [6, 6.07) is 31.2. The highest BCUT2D eigenvalue weighted by molar-refractivity contribution is 7.99.